The van der Waals surface area contributed by atoms with E-state index in [1.54, 1.807) is 18.2 Å². The van der Waals surface area contributed by atoms with Crippen LogP contribution in [-0.2, 0) is 13.0 Å². The predicted molar refractivity (Wildman–Crippen MR) is 120 cm³/mol. The highest BCUT2D eigenvalue weighted by atomic mass is 19.1. The number of hydrogen-bond acceptors (Lipinski definition) is 5. The van der Waals surface area contributed by atoms with E-state index >= 15 is 0 Å². The van der Waals surface area contributed by atoms with Crippen LogP contribution < -0.4 is 10.9 Å². The van der Waals surface area contributed by atoms with E-state index in [1.807, 2.05) is 6.92 Å². The second kappa shape index (κ2) is 10.1. The average molecular weight is 456 g/mol. The van der Waals surface area contributed by atoms with Crippen LogP contribution in [0, 0.1) is 5.82 Å². The number of nitrogens with one attached hydrogen (secondary N) is 1. The molecule has 0 spiro atoms. The third kappa shape index (κ3) is 5.28. The summed E-state index contributed by atoms with van der Waals surface area (Å²) in [7, 11) is 1.36. The van der Waals surface area contributed by atoms with E-state index in [2.05, 4.69) is 10.3 Å². The number of halogens is 1. The molecule has 0 aliphatic carbocycles. The molecule has 0 unspecified atom stereocenters. The summed E-state index contributed by atoms with van der Waals surface area (Å²) >= 11 is 0. The first-order chi connectivity index (χ1) is 15.7. The number of nitrogens with zero attached hydrogens (tertiary/aromatic N) is 3. The van der Waals surface area contributed by atoms with Gasteiger partial charge in [0.05, 0.1) is 5.52 Å². The number of aromatic nitrogens is 2. The topological polar surface area (TPSA) is 125 Å². The predicted octanol–water partition coefficient (Wildman–Crippen LogP) is 2.58. The molecule has 0 aliphatic rings. The summed E-state index contributed by atoms with van der Waals surface area (Å²) in [6, 6.07) is 7.60. The molecule has 0 bridgehead atoms. The lowest BCUT2D eigenvalue weighted by molar-refractivity contribution is 0.0948. The molecule has 0 saturated heterocycles. The molecular weight excluding hydrogens is 431 g/mol. The number of hydrogen-bond donors (Lipinski definition) is 3. The second-order valence-corrected chi connectivity index (χ2v) is 7.65. The van der Waals surface area contributed by atoms with Crippen molar-refractivity contribution in [3.63, 3.8) is 0 Å². The third-order valence-electron chi connectivity index (χ3n) is 5.20. The number of amides is 2. The first-order valence-corrected chi connectivity index (χ1v) is 10.4. The number of pyridine rings is 2. The number of carbonyl (C=O) groups is 2. The molecular formula is C23H25FN4O5. The first kappa shape index (κ1) is 23.7. The Morgan fingerprint density at radius 3 is 2.55 bits per heavy atom. The largest absolute Gasteiger partial charge is 0.505 e. The Kier molecular flexibility index (Phi) is 7.27. The zero-order valence-corrected chi connectivity index (χ0v) is 18.3. The summed E-state index contributed by atoms with van der Waals surface area (Å²) in [6.45, 7) is 2.10. The van der Waals surface area contributed by atoms with Crippen LogP contribution in [0.4, 0.5) is 9.18 Å². The van der Waals surface area contributed by atoms with Crippen LogP contribution in [0.25, 0.3) is 11.0 Å². The lowest BCUT2D eigenvalue weighted by Crippen LogP contribution is -2.36. The van der Waals surface area contributed by atoms with E-state index in [4.69, 9.17) is 5.11 Å². The van der Waals surface area contributed by atoms with Gasteiger partial charge in [-0.1, -0.05) is 19.1 Å². The molecule has 0 fully saturated rings. The second-order valence-electron chi connectivity index (χ2n) is 7.65. The SMILES string of the molecule is CCCNC(=O)c1c(O)c2ncc(Cc3ccc(F)cc3)cc2n(CCN(C)C(=O)O)c1=O. The van der Waals surface area contributed by atoms with Crippen LogP contribution in [0.5, 0.6) is 5.75 Å². The minimum Gasteiger partial charge on any atom is -0.505 e. The van der Waals surface area contributed by atoms with Gasteiger partial charge >= 0.3 is 6.09 Å². The summed E-state index contributed by atoms with van der Waals surface area (Å²) in [4.78, 5) is 42.3. The molecule has 2 aromatic heterocycles. The lowest BCUT2D eigenvalue weighted by Gasteiger charge is -2.18. The van der Waals surface area contributed by atoms with Gasteiger partial charge < -0.3 is 25.0 Å². The van der Waals surface area contributed by atoms with Gasteiger partial charge in [0.25, 0.3) is 11.5 Å². The number of aromatic hydroxyl groups is 1. The quantitative estimate of drug-likeness (QED) is 0.479. The maximum Gasteiger partial charge on any atom is 0.407 e. The van der Waals surface area contributed by atoms with Gasteiger partial charge in [0.2, 0.25) is 0 Å². The molecule has 2 heterocycles. The van der Waals surface area contributed by atoms with Gasteiger partial charge in [-0.2, -0.15) is 0 Å². The van der Waals surface area contributed by atoms with Crippen LogP contribution >= 0.6 is 0 Å². The Bertz CT molecular complexity index is 1240. The van der Waals surface area contributed by atoms with E-state index in [-0.39, 0.29) is 29.9 Å². The van der Waals surface area contributed by atoms with Crippen molar-refractivity contribution in [3.05, 3.63) is 69.4 Å². The first-order valence-electron chi connectivity index (χ1n) is 10.4. The highest BCUT2D eigenvalue weighted by Crippen LogP contribution is 2.26. The number of benzene rings is 1. The third-order valence-corrected chi connectivity index (χ3v) is 5.20. The van der Waals surface area contributed by atoms with E-state index in [0.717, 1.165) is 10.5 Å². The van der Waals surface area contributed by atoms with Crippen molar-refractivity contribution in [2.75, 3.05) is 20.1 Å². The van der Waals surface area contributed by atoms with Gasteiger partial charge in [-0.15, -0.1) is 0 Å². The Balaban J connectivity index is 2.12. The summed E-state index contributed by atoms with van der Waals surface area (Å²) in [5.41, 5.74) is 0.647. The molecule has 3 N–H and O–H groups in total. The van der Waals surface area contributed by atoms with E-state index < -0.39 is 28.9 Å². The highest BCUT2D eigenvalue weighted by Gasteiger charge is 2.23. The number of fused-ring (bicyclic) bond motifs is 1. The van der Waals surface area contributed by atoms with Gasteiger partial charge in [0, 0.05) is 32.9 Å². The maximum absolute atomic E-state index is 13.2. The van der Waals surface area contributed by atoms with Gasteiger partial charge in [0.15, 0.2) is 5.75 Å². The van der Waals surface area contributed by atoms with Crippen LogP contribution in [0.15, 0.2) is 41.3 Å². The Hall–Kier alpha value is -3.95. The molecule has 0 atom stereocenters. The molecule has 0 saturated carbocycles. The molecule has 3 aromatic rings. The van der Waals surface area contributed by atoms with Crippen molar-refractivity contribution in [1.82, 2.24) is 19.8 Å². The molecule has 0 aliphatic heterocycles. The fraction of sp³-hybridized carbons (Fsp3) is 0.304. The molecule has 9 nitrogen and oxygen atoms in total. The van der Waals surface area contributed by atoms with Crippen LogP contribution in [0.1, 0.15) is 34.8 Å². The van der Waals surface area contributed by atoms with Crippen molar-refractivity contribution < 1.29 is 24.2 Å². The van der Waals surface area contributed by atoms with Crippen LogP contribution in [-0.4, -0.2) is 56.8 Å². The maximum atomic E-state index is 13.2. The van der Waals surface area contributed by atoms with Crippen LogP contribution in [0.2, 0.25) is 0 Å². The molecule has 1 aromatic carbocycles. The zero-order chi connectivity index (χ0) is 24.1. The zero-order valence-electron chi connectivity index (χ0n) is 18.3. The smallest absolute Gasteiger partial charge is 0.407 e. The van der Waals surface area contributed by atoms with Gasteiger partial charge in [0.1, 0.15) is 16.9 Å². The van der Waals surface area contributed by atoms with E-state index in [9.17, 15) is 23.9 Å². The molecule has 2 amide bonds. The molecule has 0 radical (unpaired) electrons. The summed E-state index contributed by atoms with van der Waals surface area (Å²) in [5, 5.41) is 22.4. The standard InChI is InChI=1S/C23H25FN4O5/c1-3-8-25-21(30)18-20(29)19-17(28(22(18)31)10-9-27(2)23(32)33)12-15(13-26-19)11-14-4-6-16(24)7-5-14/h4-7,12-13,29H,3,8-11H2,1-2H3,(H,25,30)(H,32,33). The molecule has 3 rings (SSSR count). The number of rotatable bonds is 8. The van der Waals surface area contributed by atoms with Crippen molar-refractivity contribution in [1.29, 1.82) is 0 Å². The normalized spacial score (nSPS) is 10.9. The van der Waals surface area contributed by atoms with Crippen LogP contribution in [0.3, 0.4) is 0 Å². The van der Waals surface area contributed by atoms with Gasteiger partial charge in [-0.3, -0.25) is 14.6 Å². The van der Waals surface area contributed by atoms with Crippen molar-refractivity contribution in [2.24, 2.45) is 0 Å². The van der Waals surface area contributed by atoms with Crippen molar-refractivity contribution in [2.45, 2.75) is 26.3 Å². The van der Waals surface area contributed by atoms with Crippen molar-refractivity contribution in [3.8, 4) is 5.75 Å². The van der Waals surface area contributed by atoms with Gasteiger partial charge in [-0.25, -0.2) is 9.18 Å². The summed E-state index contributed by atoms with van der Waals surface area (Å²) in [6.07, 6.45) is 1.38. The monoisotopic (exact) mass is 456 g/mol. The fourth-order valence-corrected chi connectivity index (χ4v) is 3.38. The summed E-state index contributed by atoms with van der Waals surface area (Å²) < 4.78 is 14.5. The number of likely N-dealkylation sites (N-methyl/N-ethyl adjacent to an activating group) is 1. The number of carbonyl (C=O) groups excluding carboxylic acids is 1. The fourth-order valence-electron chi connectivity index (χ4n) is 3.38. The Labute approximate surface area is 189 Å². The molecule has 174 valence electrons. The minimum absolute atomic E-state index is 0.0205. The van der Waals surface area contributed by atoms with E-state index in [0.29, 0.717) is 24.9 Å². The molecule has 33 heavy (non-hydrogen) atoms. The van der Waals surface area contributed by atoms with Gasteiger partial charge in [-0.05, 0) is 42.2 Å². The average Bonchev–Trinajstić information content (AvgIpc) is 2.78. The van der Waals surface area contributed by atoms with Crippen molar-refractivity contribution >= 4 is 23.0 Å². The number of carboxylic acid groups (broad SMARTS) is 1. The Morgan fingerprint density at radius 1 is 1.21 bits per heavy atom. The minimum atomic E-state index is -1.16. The lowest BCUT2D eigenvalue weighted by atomic mass is 10.1. The summed E-state index contributed by atoms with van der Waals surface area (Å²) in [5.74, 6) is -1.61. The molecule has 10 heteroatoms. The Morgan fingerprint density at radius 2 is 1.91 bits per heavy atom. The van der Waals surface area contributed by atoms with E-state index in [1.165, 1.54) is 29.9 Å². The highest BCUT2D eigenvalue weighted by molar-refractivity contribution is 6.01.